The zero-order valence-corrected chi connectivity index (χ0v) is 14.9. The smallest absolute Gasteiger partial charge is 0.256 e. The Morgan fingerprint density at radius 2 is 1.83 bits per heavy atom. The minimum absolute atomic E-state index is 0.106. The number of aliphatic hydroxyl groups excluding tert-OH is 1. The molecule has 0 spiro atoms. The lowest BCUT2D eigenvalue weighted by Gasteiger charge is -2.10. The Balaban J connectivity index is 2.07. The van der Waals surface area contributed by atoms with Gasteiger partial charge < -0.3 is 10.4 Å². The molecule has 0 aliphatic carbocycles. The molecule has 0 bridgehead atoms. The van der Waals surface area contributed by atoms with Gasteiger partial charge in [-0.3, -0.25) is 4.79 Å². The standard InChI is InChI=1S/C20H23NO2S/c1-15(2)12-14-24-19-6-4-3-5-18(19)20(23)21-17-9-7-16(8-10-17)11-13-22/h3-10,12,22H,11,13-14H2,1-2H3,(H,21,23). The van der Waals surface area contributed by atoms with E-state index in [1.807, 2.05) is 48.5 Å². The number of thioether (sulfide) groups is 1. The van der Waals surface area contributed by atoms with E-state index >= 15 is 0 Å². The van der Waals surface area contributed by atoms with Gasteiger partial charge in [-0.15, -0.1) is 11.8 Å². The second-order valence-corrected chi connectivity index (χ2v) is 6.78. The normalized spacial score (nSPS) is 10.3. The van der Waals surface area contributed by atoms with E-state index in [2.05, 4.69) is 25.2 Å². The van der Waals surface area contributed by atoms with Crippen molar-refractivity contribution in [2.24, 2.45) is 0 Å². The molecule has 3 nitrogen and oxygen atoms in total. The lowest BCUT2D eigenvalue weighted by atomic mass is 10.1. The van der Waals surface area contributed by atoms with Gasteiger partial charge in [0.15, 0.2) is 0 Å². The van der Waals surface area contributed by atoms with Crippen LogP contribution < -0.4 is 5.32 Å². The predicted octanol–water partition coefficient (Wildman–Crippen LogP) is 4.53. The topological polar surface area (TPSA) is 49.3 Å². The highest BCUT2D eigenvalue weighted by molar-refractivity contribution is 7.99. The van der Waals surface area contributed by atoms with Crippen LogP contribution in [0.1, 0.15) is 29.8 Å². The highest BCUT2D eigenvalue weighted by Crippen LogP contribution is 2.24. The second kappa shape index (κ2) is 9.30. The molecule has 0 radical (unpaired) electrons. The number of allylic oxidation sites excluding steroid dienone is 1. The predicted molar refractivity (Wildman–Crippen MR) is 102 cm³/mol. The van der Waals surface area contributed by atoms with Gasteiger partial charge in [-0.25, -0.2) is 0 Å². The van der Waals surface area contributed by atoms with Crippen LogP contribution in [0.5, 0.6) is 0 Å². The molecule has 4 heteroatoms. The maximum Gasteiger partial charge on any atom is 0.256 e. The zero-order chi connectivity index (χ0) is 17.4. The van der Waals surface area contributed by atoms with E-state index in [-0.39, 0.29) is 12.5 Å². The minimum Gasteiger partial charge on any atom is -0.396 e. The average molecular weight is 341 g/mol. The number of hydrogen-bond donors (Lipinski definition) is 2. The fourth-order valence-electron chi connectivity index (χ4n) is 2.16. The van der Waals surface area contributed by atoms with Crippen LogP contribution in [0.25, 0.3) is 0 Å². The Bertz CT molecular complexity index is 704. The highest BCUT2D eigenvalue weighted by atomic mass is 32.2. The Kier molecular flexibility index (Phi) is 7.09. The number of aliphatic hydroxyl groups is 1. The molecule has 0 atom stereocenters. The van der Waals surface area contributed by atoms with Crippen LogP contribution in [-0.4, -0.2) is 23.4 Å². The fraction of sp³-hybridized carbons (Fsp3) is 0.250. The van der Waals surface area contributed by atoms with Gasteiger partial charge in [0, 0.05) is 22.9 Å². The number of amides is 1. The first-order valence-electron chi connectivity index (χ1n) is 7.96. The molecule has 0 saturated heterocycles. The first-order valence-corrected chi connectivity index (χ1v) is 8.95. The van der Waals surface area contributed by atoms with E-state index in [0.29, 0.717) is 12.0 Å². The van der Waals surface area contributed by atoms with Gasteiger partial charge in [-0.1, -0.05) is 35.9 Å². The maximum absolute atomic E-state index is 12.6. The minimum atomic E-state index is -0.106. The second-order valence-electron chi connectivity index (χ2n) is 5.71. The summed E-state index contributed by atoms with van der Waals surface area (Å²) < 4.78 is 0. The molecule has 2 aromatic rings. The maximum atomic E-state index is 12.6. The van der Waals surface area contributed by atoms with Crippen molar-refractivity contribution in [2.45, 2.75) is 25.2 Å². The van der Waals surface area contributed by atoms with E-state index in [9.17, 15) is 4.79 Å². The molecule has 126 valence electrons. The summed E-state index contributed by atoms with van der Waals surface area (Å²) in [5.41, 5.74) is 3.76. The number of anilines is 1. The summed E-state index contributed by atoms with van der Waals surface area (Å²) in [6.45, 7) is 4.27. The van der Waals surface area contributed by atoms with Gasteiger partial charge in [-0.05, 0) is 50.1 Å². The van der Waals surface area contributed by atoms with Gasteiger partial charge in [0.25, 0.3) is 5.91 Å². The third-order valence-corrected chi connectivity index (χ3v) is 4.47. The molecule has 0 fully saturated rings. The van der Waals surface area contributed by atoms with Gasteiger partial charge in [0.2, 0.25) is 0 Å². The lowest BCUT2D eigenvalue weighted by Crippen LogP contribution is -2.13. The Morgan fingerprint density at radius 1 is 1.12 bits per heavy atom. The molecule has 0 unspecified atom stereocenters. The van der Waals surface area contributed by atoms with Crippen molar-refractivity contribution in [3.63, 3.8) is 0 Å². The molecule has 0 aliphatic rings. The molecule has 0 heterocycles. The third-order valence-electron chi connectivity index (χ3n) is 3.47. The van der Waals surface area contributed by atoms with Crippen LogP contribution in [-0.2, 0) is 6.42 Å². The molecule has 0 aliphatic heterocycles. The van der Waals surface area contributed by atoms with Gasteiger partial charge in [-0.2, -0.15) is 0 Å². The van der Waals surface area contributed by atoms with E-state index in [4.69, 9.17) is 5.11 Å². The number of carbonyl (C=O) groups excluding carboxylic acids is 1. The first kappa shape index (κ1) is 18.3. The SMILES string of the molecule is CC(C)=CCSc1ccccc1C(=O)Nc1ccc(CCO)cc1. The molecular formula is C20H23NO2S. The van der Waals surface area contributed by atoms with Crippen molar-refractivity contribution < 1.29 is 9.90 Å². The van der Waals surface area contributed by atoms with Crippen molar-refractivity contribution in [3.05, 3.63) is 71.3 Å². The molecule has 24 heavy (non-hydrogen) atoms. The number of nitrogens with one attached hydrogen (secondary N) is 1. The summed E-state index contributed by atoms with van der Waals surface area (Å²) in [6, 6.07) is 15.2. The van der Waals surface area contributed by atoms with E-state index in [1.165, 1.54) is 5.57 Å². The van der Waals surface area contributed by atoms with Gasteiger partial charge in [0.1, 0.15) is 0 Å². The third kappa shape index (κ3) is 5.55. The summed E-state index contributed by atoms with van der Waals surface area (Å²) in [4.78, 5) is 13.5. The average Bonchev–Trinajstić information content (AvgIpc) is 2.57. The van der Waals surface area contributed by atoms with E-state index in [1.54, 1.807) is 11.8 Å². The van der Waals surface area contributed by atoms with Gasteiger partial charge >= 0.3 is 0 Å². The first-order chi connectivity index (χ1) is 11.6. The van der Waals surface area contributed by atoms with Crippen molar-refractivity contribution in [1.29, 1.82) is 0 Å². The van der Waals surface area contributed by atoms with E-state index in [0.717, 1.165) is 21.9 Å². The number of benzene rings is 2. The monoisotopic (exact) mass is 341 g/mol. The zero-order valence-electron chi connectivity index (χ0n) is 14.1. The Morgan fingerprint density at radius 3 is 2.50 bits per heavy atom. The summed E-state index contributed by atoms with van der Waals surface area (Å²) in [7, 11) is 0. The van der Waals surface area contributed by atoms with Crippen molar-refractivity contribution in [3.8, 4) is 0 Å². The summed E-state index contributed by atoms with van der Waals surface area (Å²) in [5.74, 6) is 0.743. The van der Waals surface area contributed by atoms with Crippen LogP contribution in [0.2, 0.25) is 0 Å². The van der Waals surface area contributed by atoms with Crippen molar-refractivity contribution in [1.82, 2.24) is 0 Å². The summed E-state index contributed by atoms with van der Waals surface area (Å²) in [6.07, 6.45) is 2.78. The molecule has 0 saturated carbocycles. The van der Waals surface area contributed by atoms with E-state index < -0.39 is 0 Å². The van der Waals surface area contributed by atoms with Gasteiger partial charge in [0.05, 0.1) is 5.56 Å². The fourth-order valence-corrected chi connectivity index (χ4v) is 3.25. The Hall–Kier alpha value is -2.04. The van der Waals surface area contributed by atoms with Crippen LogP contribution in [0.3, 0.4) is 0 Å². The van der Waals surface area contributed by atoms with Crippen molar-refractivity contribution >= 4 is 23.4 Å². The summed E-state index contributed by atoms with van der Waals surface area (Å²) in [5, 5.41) is 11.9. The molecule has 0 aromatic heterocycles. The van der Waals surface area contributed by atoms with Crippen LogP contribution in [0.4, 0.5) is 5.69 Å². The van der Waals surface area contributed by atoms with Crippen molar-refractivity contribution in [2.75, 3.05) is 17.7 Å². The van der Waals surface area contributed by atoms with Crippen LogP contribution in [0, 0.1) is 0 Å². The molecule has 2 N–H and O–H groups in total. The quantitative estimate of drug-likeness (QED) is 0.574. The molecular weight excluding hydrogens is 318 g/mol. The number of carbonyl (C=O) groups is 1. The van der Waals surface area contributed by atoms with Crippen LogP contribution in [0.15, 0.2) is 65.1 Å². The Labute approximate surface area is 147 Å². The molecule has 2 aromatic carbocycles. The molecule has 2 rings (SSSR count). The van der Waals surface area contributed by atoms with Crippen LogP contribution >= 0.6 is 11.8 Å². The lowest BCUT2D eigenvalue weighted by molar-refractivity contribution is 0.102. The number of rotatable bonds is 7. The summed E-state index contributed by atoms with van der Waals surface area (Å²) >= 11 is 1.66. The number of hydrogen-bond acceptors (Lipinski definition) is 3. The largest absolute Gasteiger partial charge is 0.396 e. The molecule has 1 amide bonds. The highest BCUT2D eigenvalue weighted by Gasteiger charge is 2.11.